The number of ether oxygens (including phenoxy) is 2. The van der Waals surface area contributed by atoms with E-state index in [9.17, 15) is 4.79 Å². The van der Waals surface area contributed by atoms with Crippen molar-refractivity contribution in [2.45, 2.75) is 6.61 Å². The van der Waals surface area contributed by atoms with Crippen LogP contribution in [-0.4, -0.2) is 38.5 Å². The number of carbonyl (C=O) groups is 1. The average molecular weight is 404 g/mol. The van der Waals surface area contributed by atoms with Crippen molar-refractivity contribution < 1.29 is 19.4 Å². The summed E-state index contributed by atoms with van der Waals surface area (Å²) in [4.78, 5) is 17.6. The Morgan fingerprint density at radius 3 is 2.47 bits per heavy atom. The van der Waals surface area contributed by atoms with Crippen molar-refractivity contribution in [3.63, 3.8) is 0 Å². The lowest BCUT2D eigenvalue weighted by molar-refractivity contribution is 0.0696. The number of carboxylic acids is 1. The lowest BCUT2D eigenvalue weighted by atomic mass is 10.1. The van der Waals surface area contributed by atoms with Crippen LogP contribution in [0.5, 0.6) is 11.5 Å². The fourth-order valence-corrected chi connectivity index (χ4v) is 2.82. The molecule has 6 heteroatoms. The second-order valence-electron chi connectivity index (χ2n) is 6.87. The van der Waals surface area contributed by atoms with E-state index in [2.05, 4.69) is 4.99 Å². The van der Waals surface area contributed by atoms with Gasteiger partial charge in [-0.3, -0.25) is 4.99 Å². The number of aliphatic imine (C=N–C) groups is 1. The minimum absolute atomic E-state index is 0.230. The molecule has 0 saturated heterocycles. The topological polar surface area (TPSA) is 71.4 Å². The SMILES string of the molecule is COc1cc(C=Nc2ccc(N(C)C)cc2)ccc1OCc1cccc(C(=O)O)c1. The first-order chi connectivity index (χ1) is 14.5. The van der Waals surface area contributed by atoms with E-state index in [0.29, 0.717) is 11.5 Å². The van der Waals surface area contributed by atoms with Gasteiger partial charge in [-0.15, -0.1) is 0 Å². The number of anilines is 1. The first kappa shape index (κ1) is 20.9. The van der Waals surface area contributed by atoms with Crippen molar-refractivity contribution in [1.82, 2.24) is 0 Å². The fourth-order valence-electron chi connectivity index (χ4n) is 2.82. The van der Waals surface area contributed by atoms with Crippen molar-refractivity contribution in [3.8, 4) is 11.5 Å². The first-order valence-electron chi connectivity index (χ1n) is 9.41. The highest BCUT2D eigenvalue weighted by Gasteiger charge is 2.08. The van der Waals surface area contributed by atoms with Gasteiger partial charge in [0.2, 0.25) is 0 Å². The van der Waals surface area contributed by atoms with E-state index in [1.807, 2.05) is 67.5 Å². The van der Waals surface area contributed by atoms with E-state index in [-0.39, 0.29) is 12.2 Å². The molecule has 1 N–H and O–H groups in total. The van der Waals surface area contributed by atoms with Crippen molar-refractivity contribution >= 4 is 23.6 Å². The summed E-state index contributed by atoms with van der Waals surface area (Å²) in [6.07, 6.45) is 1.77. The zero-order chi connectivity index (χ0) is 21.5. The number of aromatic carboxylic acids is 1. The molecule has 0 aliphatic carbocycles. The molecule has 0 amide bonds. The number of carboxylic acid groups (broad SMARTS) is 1. The molecule has 0 aliphatic heterocycles. The zero-order valence-corrected chi connectivity index (χ0v) is 17.2. The van der Waals surface area contributed by atoms with Gasteiger partial charge in [-0.2, -0.15) is 0 Å². The normalized spacial score (nSPS) is 10.8. The van der Waals surface area contributed by atoms with Gasteiger partial charge in [0.05, 0.1) is 18.4 Å². The lowest BCUT2D eigenvalue weighted by Gasteiger charge is -2.12. The zero-order valence-electron chi connectivity index (χ0n) is 17.2. The van der Waals surface area contributed by atoms with Crippen LogP contribution in [0.1, 0.15) is 21.5 Å². The van der Waals surface area contributed by atoms with Gasteiger partial charge in [-0.25, -0.2) is 4.79 Å². The Kier molecular flexibility index (Phi) is 6.70. The van der Waals surface area contributed by atoms with Crippen LogP contribution in [0.15, 0.2) is 71.7 Å². The van der Waals surface area contributed by atoms with Gasteiger partial charge in [-0.1, -0.05) is 12.1 Å². The summed E-state index contributed by atoms with van der Waals surface area (Å²) in [5.74, 6) is 0.191. The average Bonchev–Trinajstić information content (AvgIpc) is 2.76. The third-order valence-corrected chi connectivity index (χ3v) is 4.48. The summed E-state index contributed by atoms with van der Waals surface area (Å²) < 4.78 is 11.3. The van der Waals surface area contributed by atoms with E-state index < -0.39 is 5.97 Å². The summed E-state index contributed by atoms with van der Waals surface area (Å²) in [6.45, 7) is 0.239. The molecule has 0 unspecified atom stereocenters. The molecule has 3 aromatic carbocycles. The van der Waals surface area contributed by atoms with Gasteiger partial charge in [0.25, 0.3) is 0 Å². The highest BCUT2D eigenvalue weighted by molar-refractivity contribution is 5.87. The molecule has 0 aliphatic rings. The second kappa shape index (κ2) is 9.60. The largest absolute Gasteiger partial charge is 0.493 e. The highest BCUT2D eigenvalue weighted by atomic mass is 16.5. The summed E-state index contributed by atoms with van der Waals surface area (Å²) in [5, 5.41) is 9.10. The Labute approximate surface area is 176 Å². The smallest absolute Gasteiger partial charge is 0.335 e. The molecular weight excluding hydrogens is 380 g/mol. The van der Waals surface area contributed by atoms with E-state index in [1.54, 1.807) is 31.5 Å². The van der Waals surface area contributed by atoms with Crippen molar-refractivity contribution in [3.05, 3.63) is 83.4 Å². The molecule has 0 radical (unpaired) electrons. The Hall–Kier alpha value is -3.80. The van der Waals surface area contributed by atoms with Gasteiger partial charge >= 0.3 is 5.97 Å². The maximum Gasteiger partial charge on any atom is 0.335 e. The minimum atomic E-state index is -0.963. The summed E-state index contributed by atoms with van der Waals surface area (Å²) in [6, 6.07) is 20.2. The third-order valence-electron chi connectivity index (χ3n) is 4.48. The Balaban J connectivity index is 1.70. The van der Waals surface area contributed by atoms with Crippen LogP contribution in [0.4, 0.5) is 11.4 Å². The van der Waals surface area contributed by atoms with Crippen molar-refractivity contribution in [1.29, 1.82) is 0 Å². The van der Waals surface area contributed by atoms with Crippen molar-refractivity contribution in [2.75, 3.05) is 26.1 Å². The van der Waals surface area contributed by atoms with Gasteiger partial charge in [0.15, 0.2) is 11.5 Å². The molecule has 0 aromatic heterocycles. The van der Waals surface area contributed by atoms with Crippen LogP contribution in [0, 0.1) is 0 Å². The number of methoxy groups -OCH3 is 1. The maximum atomic E-state index is 11.1. The first-order valence-corrected chi connectivity index (χ1v) is 9.41. The van der Waals surface area contributed by atoms with E-state index >= 15 is 0 Å². The van der Waals surface area contributed by atoms with E-state index in [0.717, 1.165) is 22.5 Å². The molecule has 0 heterocycles. The Bertz CT molecular complexity index is 1040. The van der Waals surface area contributed by atoms with Gasteiger partial charge in [0.1, 0.15) is 6.61 Å². The molecule has 0 saturated carbocycles. The number of hydrogen-bond donors (Lipinski definition) is 1. The van der Waals surface area contributed by atoms with Crippen LogP contribution >= 0.6 is 0 Å². The van der Waals surface area contributed by atoms with Crippen LogP contribution < -0.4 is 14.4 Å². The van der Waals surface area contributed by atoms with Crippen LogP contribution in [0.3, 0.4) is 0 Å². The lowest BCUT2D eigenvalue weighted by Crippen LogP contribution is -2.07. The summed E-state index contributed by atoms with van der Waals surface area (Å²) in [5.41, 5.74) is 3.85. The summed E-state index contributed by atoms with van der Waals surface area (Å²) in [7, 11) is 5.57. The molecule has 3 aromatic rings. The molecular formula is C24H24N2O4. The Morgan fingerprint density at radius 1 is 1.03 bits per heavy atom. The molecule has 6 nitrogen and oxygen atoms in total. The van der Waals surface area contributed by atoms with E-state index in [1.165, 1.54) is 0 Å². The molecule has 154 valence electrons. The van der Waals surface area contributed by atoms with Crippen molar-refractivity contribution in [2.24, 2.45) is 4.99 Å². The molecule has 0 spiro atoms. The van der Waals surface area contributed by atoms with E-state index in [4.69, 9.17) is 14.6 Å². The molecule has 0 atom stereocenters. The predicted molar refractivity (Wildman–Crippen MR) is 119 cm³/mol. The highest BCUT2D eigenvalue weighted by Crippen LogP contribution is 2.29. The van der Waals surface area contributed by atoms with Gasteiger partial charge in [0, 0.05) is 26.0 Å². The standard InChI is InChI=1S/C24H24N2O4/c1-26(2)21-10-8-20(9-11-21)25-15-17-7-12-22(23(14-17)29-3)30-16-18-5-4-6-19(13-18)24(27)28/h4-15H,16H2,1-3H3,(H,27,28). The number of rotatable bonds is 8. The van der Waals surface area contributed by atoms with Gasteiger partial charge in [-0.05, 0) is 65.7 Å². The van der Waals surface area contributed by atoms with Crippen LogP contribution in [0.2, 0.25) is 0 Å². The quantitative estimate of drug-likeness (QED) is 0.547. The number of nitrogens with zero attached hydrogens (tertiary/aromatic N) is 2. The number of hydrogen-bond acceptors (Lipinski definition) is 5. The second-order valence-corrected chi connectivity index (χ2v) is 6.87. The monoisotopic (exact) mass is 404 g/mol. The van der Waals surface area contributed by atoms with Crippen LogP contribution in [-0.2, 0) is 6.61 Å². The van der Waals surface area contributed by atoms with Crippen LogP contribution in [0.25, 0.3) is 0 Å². The number of benzene rings is 3. The fraction of sp³-hybridized carbons (Fsp3) is 0.167. The predicted octanol–water partition coefficient (Wildman–Crippen LogP) is 4.79. The summed E-state index contributed by atoms with van der Waals surface area (Å²) >= 11 is 0. The van der Waals surface area contributed by atoms with Gasteiger partial charge < -0.3 is 19.5 Å². The molecule has 0 fully saturated rings. The minimum Gasteiger partial charge on any atom is -0.493 e. The maximum absolute atomic E-state index is 11.1. The molecule has 30 heavy (non-hydrogen) atoms. The third kappa shape index (κ3) is 5.38. The molecule has 0 bridgehead atoms. The Morgan fingerprint density at radius 2 is 1.80 bits per heavy atom. The molecule has 3 rings (SSSR count).